The molecule has 3 saturated heterocycles. The van der Waals surface area contributed by atoms with Crippen molar-refractivity contribution in [2.45, 2.75) is 43.9 Å². The zero-order valence-corrected chi connectivity index (χ0v) is 14.4. The van der Waals surface area contributed by atoms with Crippen molar-refractivity contribution in [3.8, 4) is 0 Å². The van der Waals surface area contributed by atoms with Gasteiger partial charge in [0.1, 0.15) is 0 Å². The summed E-state index contributed by atoms with van der Waals surface area (Å²) in [4.78, 5) is 0. The Labute approximate surface area is 138 Å². The molecular formula is C13H26ClN3O4S. The van der Waals surface area contributed by atoms with Gasteiger partial charge < -0.3 is 15.2 Å². The smallest absolute Gasteiger partial charge is 0.282 e. The quantitative estimate of drug-likeness (QED) is 0.787. The topological polar surface area (TPSA) is 85.1 Å². The van der Waals surface area contributed by atoms with E-state index in [1.54, 1.807) is 8.61 Å². The van der Waals surface area contributed by atoms with Gasteiger partial charge in [-0.05, 0) is 12.8 Å². The molecule has 130 valence electrons. The second-order valence-corrected chi connectivity index (χ2v) is 7.89. The Bertz CT molecular complexity index is 460. The van der Waals surface area contributed by atoms with E-state index in [1.165, 1.54) is 0 Å². The molecule has 2 N–H and O–H groups in total. The molecule has 3 rings (SSSR count). The molecule has 0 bridgehead atoms. The number of halogens is 1. The Balaban J connectivity index is 0.00000176. The number of nitrogens with zero attached hydrogens (tertiary/aromatic N) is 2. The second-order valence-electron chi connectivity index (χ2n) is 6.01. The summed E-state index contributed by atoms with van der Waals surface area (Å²) in [6, 6.07) is -0.0568. The Morgan fingerprint density at radius 3 is 2.32 bits per heavy atom. The highest BCUT2D eigenvalue weighted by molar-refractivity contribution is 7.86. The second kappa shape index (κ2) is 7.29. The van der Waals surface area contributed by atoms with Crippen LogP contribution < -0.4 is 5.73 Å². The maximum absolute atomic E-state index is 12.8. The first kappa shape index (κ1) is 18.4. The molecule has 0 saturated carbocycles. The maximum Gasteiger partial charge on any atom is 0.282 e. The summed E-state index contributed by atoms with van der Waals surface area (Å²) in [6.45, 7) is 3.09. The predicted octanol–water partition coefficient (Wildman–Crippen LogP) is 0.305. The highest BCUT2D eigenvalue weighted by Gasteiger charge is 2.44. The normalized spacial score (nSPS) is 30.3. The van der Waals surface area contributed by atoms with Gasteiger partial charge in [-0.2, -0.15) is 17.0 Å². The van der Waals surface area contributed by atoms with Gasteiger partial charge in [0.15, 0.2) is 5.79 Å². The first-order valence-corrected chi connectivity index (χ1v) is 9.22. The highest BCUT2D eigenvalue weighted by Crippen LogP contribution is 2.33. The van der Waals surface area contributed by atoms with Crippen molar-refractivity contribution < 1.29 is 17.9 Å². The molecule has 3 fully saturated rings. The molecule has 9 heteroatoms. The lowest BCUT2D eigenvalue weighted by Crippen LogP contribution is -2.56. The van der Waals surface area contributed by atoms with Crippen LogP contribution in [0.5, 0.6) is 0 Å². The van der Waals surface area contributed by atoms with Gasteiger partial charge in [-0.15, -0.1) is 12.4 Å². The van der Waals surface area contributed by atoms with E-state index >= 15 is 0 Å². The zero-order valence-electron chi connectivity index (χ0n) is 12.8. The highest BCUT2D eigenvalue weighted by atomic mass is 35.5. The SMILES string of the molecule is Cl.NCC1CCCCN1S(=O)(=O)N1CCC2(CC1)OCCO2. The third-order valence-electron chi connectivity index (χ3n) is 4.77. The Morgan fingerprint density at radius 1 is 1.09 bits per heavy atom. The molecule has 1 spiro atoms. The lowest BCUT2D eigenvalue weighted by molar-refractivity contribution is -0.179. The van der Waals surface area contributed by atoms with E-state index in [0.717, 1.165) is 19.3 Å². The van der Waals surface area contributed by atoms with Crippen LogP contribution in [-0.4, -0.2) is 68.2 Å². The summed E-state index contributed by atoms with van der Waals surface area (Å²) in [6.07, 6.45) is 4.04. The molecule has 3 heterocycles. The first-order valence-electron chi connectivity index (χ1n) is 7.82. The fourth-order valence-electron chi connectivity index (χ4n) is 3.50. The van der Waals surface area contributed by atoms with Crippen molar-refractivity contribution in [2.24, 2.45) is 5.73 Å². The lowest BCUT2D eigenvalue weighted by Gasteiger charge is -2.41. The van der Waals surface area contributed by atoms with Crippen LogP contribution in [0.4, 0.5) is 0 Å². The van der Waals surface area contributed by atoms with Crippen LogP contribution in [0.3, 0.4) is 0 Å². The van der Waals surface area contributed by atoms with Crippen LogP contribution in [0.1, 0.15) is 32.1 Å². The summed E-state index contributed by atoms with van der Waals surface area (Å²) in [5, 5.41) is 0. The average molecular weight is 356 g/mol. The Kier molecular flexibility index (Phi) is 6.09. The van der Waals surface area contributed by atoms with Crippen LogP contribution in [0, 0.1) is 0 Å². The number of hydrogen-bond acceptors (Lipinski definition) is 5. The van der Waals surface area contributed by atoms with Crippen molar-refractivity contribution in [1.82, 2.24) is 8.61 Å². The fraction of sp³-hybridized carbons (Fsp3) is 1.00. The van der Waals surface area contributed by atoms with Crippen LogP contribution in [0.2, 0.25) is 0 Å². The molecule has 0 aliphatic carbocycles. The molecule has 0 aromatic heterocycles. The summed E-state index contributed by atoms with van der Waals surface area (Å²) in [5.41, 5.74) is 5.75. The van der Waals surface area contributed by atoms with E-state index in [0.29, 0.717) is 52.2 Å². The Hall–Kier alpha value is 0.0400. The molecule has 1 unspecified atom stereocenters. The minimum Gasteiger partial charge on any atom is -0.347 e. The van der Waals surface area contributed by atoms with E-state index in [2.05, 4.69) is 0 Å². The maximum atomic E-state index is 12.8. The van der Waals surface area contributed by atoms with Crippen molar-refractivity contribution in [3.05, 3.63) is 0 Å². The van der Waals surface area contributed by atoms with E-state index in [9.17, 15) is 8.42 Å². The third-order valence-corrected chi connectivity index (χ3v) is 6.86. The van der Waals surface area contributed by atoms with E-state index in [4.69, 9.17) is 15.2 Å². The summed E-state index contributed by atoms with van der Waals surface area (Å²) in [7, 11) is -3.42. The van der Waals surface area contributed by atoms with Crippen molar-refractivity contribution in [1.29, 1.82) is 0 Å². The van der Waals surface area contributed by atoms with E-state index < -0.39 is 16.0 Å². The minimum absolute atomic E-state index is 0. The van der Waals surface area contributed by atoms with Crippen LogP contribution in [0.25, 0.3) is 0 Å². The van der Waals surface area contributed by atoms with E-state index in [-0.39, 0.29) is 18.4 Å². The number of nitrogens with two attached hydrogens (primary N) is 1. The standard InChI is InChI=1S/C13H25N3O4S.ClH/c14-11-12-3-1-2-6-16(12)21(17,18)15-7-4-13(5-8-15)19-9-10-20-13;/h12H,1-11,14H2;1H. The molecule has 3 aliphatic heterocycles. The molecule has 22 heavy (non-hydrogen) atoms. The Morgan fingerprint density at radius 2 is 1.73 bits per heavy atom. The van der Waals surface area contributed by atoms with Gasteiger partial charge in [-0.1, -0.05) is 6.42 Å². The number of ether oxygens (including phenoxy) is 2. The summed E-state index contributed by atoms with van der Waals surface area (Å²) >= 11 is 0. The molecule has 0 aromatic rings. The van der Waals surface area contributed by atoms with E-state index in [1.807, 2.05) is 0 Å². The average Bonchev–Trinajstić information content (AvgIpc) is 2.96. The lowest BCUT2D eigenvalue weighted by atomic mass is 10.1. The monoisotopic (exact) mass is 355 g/mol. The van der Waals surface area contributed by atoms with Gasteiger partial charge in [-0.25, -0.2) is 0 Å². The summed E-state index contributed by atoms with van der Waals surface area (Å²) in [5.74, 6) is -0.540. The van der Waals surface area contributed by atoms with Gasteiger partial charge >= 0.3 is 0 Å². The minimum atomic E-state index is -3.42. The fourth-order valence-corrected chi connectivity index (χ4v) is 5.37. The number of piperidine rings is 2. The molecule has 7 nitrogen and oxygen atoms in total. The largest absolute Gasteiger partial charge is 0.347 e. The van der Waals surface area contributed by atoms with Crippen LogP contribution >= 0.6 is 12.4 Å². The van der Waals surface area contributed by atoms with Crippen LogP contribution in [0.15, 0.2) is 0 Å². The number of rotatable bonds is 3. The molecular weight excluding hydrogens is 330 g/mol. The molecule has 3 aliphatic rings. The van der Waals surface area contributed by atoms with Gasteiger partial charge in [0.05, 0.1) is 13.2 Å². The van der Waals surface area contributed by atoms with Gasteiger partial charge in [0.2, 0.25) is 0 Å². The summed E-state index contributed by atoms with van der Waals surface area (Å²) < 4.78 is 40.1. The van der Waals surface area contributed by atoms with Crippen LogP contribution in [-0.2, 0) is 19.7 Å². The van der Waals surface area contributed by atoms with Gasteiger partial charge in [-0.3, -0.25) is 0 Å². The third kappa shape index (κ3) is 3.43. The van der Waals surface area contributed by atoms with Gasteiger partial charge in [0.25, 0.3) is 10.2 Å². The zero-order chi connectivity index (χ0) is 14.9. The molecule has 0 radical (unpaired) electrons. The molecule has 1 atom stereocenters. The predicted molar refractivity (Wildman–Crippen MR) is 85.0 cm³/mol. The van der Waals surface area contributed by atoms with Crippen molar-refractivity contribution >= 4 is 22.6 Å². The van der Waals surface area contributed by atoms with Crippen molar-refractivity contribution in [2.75, 3.05) is 39.4 Å². The van der Waals surface area contributed by atoms with Gasteiger partial charge in [0, 0.05) is 45.1 Å². The first-order chi connectivity index (χ1) is 10.1. The number of hydrogen-bond donors (Lipinski definition) is 1. The molecule has 0 amide bonds. The van der Waals surface area contributed by atoms with Crippen molar-refractivity contribution in [3.63, 3.8) is 0 Å². The molecule has 0 aromatic carbocycles.